The zero-order valence-electron chi connectivity index (χ0n) is 12.9. The van der Waals surface area contributed by atoms with Gasteiger partial charge in [-0.05, 0) is 43.1 Å². The van der Waals surface area contributed by atoms with Crippen molar-refractivity contribution in [2.45, 2.75) is 33.4 Å². The molecule has 0 unspecified atom stereocenters. The average molecular weight is 281 g/mol. The number of pyridine rings is 1. The van der Waals surface area contributed by atoms with Crippen LogP contribution in [0.2, 0.25) is 0 Å². The van der Waals surface area contributed by atoms with E-state index < -0.39 is 0 Å². The first kappa shape index (κ1) is 14.1. The van der Waals surface area contributed by atoms with E-state index in [0.717, 1.165) is 44.0 Å². The third-order valence-corrected chi connectivity index (χ3v) is 4.11. The minimum Gasteiger partial charge on any atom is -0.384 e. The number of nitrogens with zero attached hydrogens (tertiary/aromatic N) is 2. The second kappa shape index (κ2) is 6.27. The Balaban J connectivity index is 1.74. The van der Waals surface area contributed by atoms with Crippen LogP contribution in [0.1, 0.15) is 29.4 Å². The molecule has 0 amide bonds. The number of nitrogens with one attached hydrogen (secondary N) is 1. The van der Waals surface area contributed by atoms with E-state index in [0.29, 0.717) is 0 Å². The maximum atomic E-state index is 4.62. The summed E-state index contributed by atoms with van der Waals surface area (Å²) in [6.07, 6.45) is 1.15. The van der Waals surface area contributed by atoms with Gasteiger partial charge in [0.05, 0.1) is 5.69 Å². The molecule has 0 bridgehead atoms. The van der Waals surface area contributed by atoms with Gasteiger partial charge in [0.15, 0.2) is 0 Å². The Bertz CT molecular complexity index is 622. The molecule has 1 N–H and O–H groups in total. The Kier molecular flexibility index (Phi) is 4.20. The first-order chi connectivity index (χ1) is 10.3. The van der Waals surface area contributed by atoms with Crippen molar-refractivity contribution in [3.8, 4) is 0 Å². The van der Waals surface area contributed by atoms with Crippen LogP contribution >= 0.6 is 0 Å². The van der Waals surface area contributed by atoms with E-state index in [4.69, 9.17) is 0 Å². The summed E-state index contributed by atoms with van der Waals surface area (Å²) in [6, 6.07) is 12.9. The van der Waals surface area contributed by atoms with Crippen LogP contribution in [0.25, 0.3) is 0 Å². The summed E-state index contributed by atoms with van der Waals surface area (Å²) in [5, 5.41) is 3.53. The summed E-state index contributed by atoms with van der Waals surface area (Å²) in [5.41, 5.74) is 6.45. The van der Waals surface area contributed by atoms with Crippen LogP contribution < -0.4 is 5.32 Å². The number of para-hydroxylation sites is 1. The summed E-state index contributed by atoms with van der Waals surface area (Å²) in [6.45, 7) is 8.24. The van der Waals surface area contributed by atoms with Gasteiger partial charge in [0.2, 0.25) is 0 Å². The average Bonchev–Trinajstić information content (AvgIpc) is 2.96. The molecule has 3 heteroatoms. The Hall–Kier alpha value is -1.87. The van der Waals surface area contributed by atoms with Gasteiger partial charge in [0.25, 0.3) is 0 Å². The number of hydrogen-bond donors (Lipinski definition) is 1. The van der Waals surface area contributed by atoms with Crippen LogP contribution in [0.15, 0.2) is 36.4 Å². The normalized spacial score (nSPS) is 13.3. The third kappa shape index (κ3) is 3.24. The molecule has 0 spiro atoms. The molecule has 0 radical (unpaired) electrons. The molecule has 2 aromatic rings. The number of anilines is 1. The molecule has 2 heterocycles. The first-order valence-corrected chi connectivity index (χ1v) is 7.76. The fourth-order valence-electron chi connectivity index (χ4n) is 2.98. The van der Waals surface area contributed by atoms with Crippen molar-refractivity contribution in [2.75, 3.05) is 18.4 Å². The van der Waals surface area contributed by atoms with E-state index in [9.17, 15) is 0 Å². The maximum Gasteiger partial charge on any atom is 0.0547 e. The number of benzene rings is 1. The number of fused-ring (bicyclic) bond motifs is 1. The van der Waals surface area contributed by atoms with Crippen LogP contribution in [-0.2, 0) is 19.5 Å². The van der Waals surface area contributed by atoms with E-state index >= 15 is 0 Å². The van der Waals surface area contributed by atoms with Gasteiger partial charge in [0.1, 0.15) is 0 Å². The Morgan fingerprint density at radius 1 is 1.14 bits per heavy atom. The van der Waals surface area contributed by atoms with E-state index in [1.807, 2.05) is 13.0 Å². The fourth-order valence-corrected chi connectivity index (χ4v) is 2.98. The van der Waals surface area contributed by atoms with Gasteiger partial charge in [-0.15, -0.1) is 0 Å². The van der Waals surface area contributed by atoms with Crippen molar-refractivity contribution in [1.29, 1.82) is 0 Å². The zero-order valence-corrected chi connectivity index (χ0v) is 12.9. The fraction of sp³-hybridized carbons (Fsp3) is 0.389. The van der Waals surface area contributed by atoms with Gasteiger partial charge < -0.3 is 5.32 Å². The first-order valence-electron chi connectivity index (χ1n) is 7.76. The molecule has 1 aromatic heterocycles. The second-order valence-electron chi connectivity index (χ2n) is 5.70. The van der Waals surface area contributed by atoms with Crippen molar-refractivity contribution < 1.29 is 0 Å². The maximum absolute atomic E-state index is 4.62. The van der Waals surface area contributed by atoms with Crippen LogP contribution in [-0.4, -0.2) is 23.0 Å². The van der Waals surface area contributed by atoms with Crippen molar-refractivity contribution in [1.82, 2.24) is 9.88 Å². The lowest BCUT2D eigenvalue weighted by Crippen LogP contribution is -2.23. The highest BCUT2D eigenvalue weighted by Crippen LogP contribution is 2.27. The third-order valence-electron chi connectivity index (χ3n) is 4.11. The Morgan fingerprint density at radius 2 is 2.00 bits per heavy atom. The highest BCUT2D eigenvalue weighted by atomic mass is 15.1. The quantitative estimate of drug-likeness (QED) is 0.910. The Morgan fingerprint density at radius 3 is 2.81 bits per heavy atom. The van der Waals surface area contributed by atoms with Crippen LogP contribution in [0.3, 0.4) is 0 Å². The smallest absolute Gasteiger partial charge is 0.0547 e. The van der Waals surface area contributed by atoms with Gasteiger partial charge in [-0.2, -0.15) is 0 Å². The number of rotatable bonds is 5. The van der Waals surface area contributed by atoms with E-state index in [1.165, 1.54) is 16.8 Å². The summed E-state index contributed by atoms with van der Waals surface area (Å²) < 4.78 is 0. The lowest BCUT2D eigenvalue weighted by Gasteiger charge is -2.21. The topological polar surface area (TPSA) is 28.2 Å². The lowest BCUT2D eigenvalue weighted by molar-refractivity contribution is 0.268. The largest absolute Gasteiger partial charge is 0.384 e. The van der Waals surface area contributed by atoms with E-state index in [-0.39, 0.29) is 0 Å². The minimum atomic E-state index is 0.905. The molecule has 0 atom stereocenters. The number of aromatic nitrogens is 1. The summed E-state index contributed by atoms with van der Waals surface area (Å²) in [4.78, 5) is 7.06. The van der Waals surface area contributed by atoms with Crippen molar-refractivity contribution >= 4 is 5.69 Å². The highest BCUT2D eigenvalue weighted by molar-refractivity contribution is 5.61. The molecule has 1 aliphatic rings. The molecule has 0 fully saturated rings. The van der Waals surface area contributed by atoms with E-state index in [1.54, 1.807) is 0 Å². The molecule has 0 saturated heterocycles. The van der Waals surface area contributed by atoms with E-state index in [2.05, 4.69) is 52.5 Å². The van der Waals surface area contributed by atoms with Crippen LogP contribution in [0, 0.1) is 6.92 Å². The van der Waals surface area contributed by atoms with Gasteiger partial charge in [-0.1, -0.05) is 31.2 Å². The molecule has 21 heavy (non-hydrogen) atoms. The van der Waals surface area contributed by atoms with Gasteiger partial charge in [-0.25, -0.2) is 0 Å². The zero-order chi connectivity index (χ0) is 14.7. The SMILES string of the molecule is CCN(Cc1cccc(C)n1)Cc1cccc2c1NCC2. The summed E-state index contributed by atoms with van der Waals surface area (Å²) in [5.74, 6) is 0. The van der Waals surface area contributed by atoms with Crippen molar-refractivity contribution in [2.24, 2.45) is 0 Å². The van der Waals surface area contributed by atoms with Gasteiger partial charge in [-0.3, -0.25) is 9.88 Å². The molecule has 3 rings (SSSR count). The molecule has 0 saturated carbocycles. The molecule has 0 aliphatic carbocycles. The number of hydrogen-bond acceptors (Lipinski definition) is 3. The predicted molar refractivity (Wildman–Crippen MR) is 87.4 cm³/mol. The van der Waals surface area contributed by atoms with Gasteiger partial charge in [0, 0.05) is 31.0 Å². The second-order valence-corrected chi connectivity index (χ2v) is 5.70. The van der Waals surface area contributed by atoms with Crippen LogP contribution in [0.4, 0.5) is 5.69 Å². The highest BCUT2D eigenvalue weighted by Gasteiger charge is 2.15. The summed E-state index contributed by atoms with van der Waals surface area (Å²) >= 11 is 0. The van der Waals surface area contributed by atoms with Crippen molar-refractivity contribution in [3.05, 3.63) is 58.9 Å². The molecule has 110 valence electrons. The molecular weight excluding hydrogens is 258 g/mol. The lowest BCUT2D eigenvalue weighted by atomic mass is 10.1. The van der Waals surface area contributed by atoms with Crippen LogP contribution in [0.5, 0.6) is 0 Å². The van der Waals surface area contributed by atoms with Gasteiger partial charge >= 0.3 is 0 Å². The molecule has 1 aliphatic heterocycles. The standard InChI is InChI=1S/C18H23N3/c1-3-21(13-17-9-4-6-14(2)20-17)12-16-8-5-7-15-10-11-19-18(15)16/h4-9,19H,3,10-13H2,1-2H3. The molecule has 3 nitrogen and oxygen atoms in total. The minimum absolute atomic E-state index is 0.905. The molecule has 1 aromatic carbocycles. The molecular formula is C18H23N3. The van der Waals surface area contributed by atoms with Crippen molar-refractivity contribution in [3.63, 3.8) is 0 Å². The number of aryl methyl sites for hydroxylation is 1. The monoisotopic (exact) mass is 281 g/mol. The summed E-state index contributed by atoms with van der Waals surface area (Å²) in [7, 11) is 0. The Labute approximate surface area is 127 Å². The predicted octanol–water partition coefficient (Wildman–Crippen LogP) is 3.38.